The highest BCUT2D eigenvalue weighted by Gasteiger charge is 2.10. The van der Waals surface area contributed by atoms with E-state index in [-0.39, 0.29) is 11.4 Å². The topological polar surface area (TPSA) is 71.8 Å². The number of aromatic nitrogens is 1. The zero-order chi connectivity index (χ0) is 13.7. The lowest BCUT2D eigenvalue weighted by molar-refractivity contribution is 0.0520. The summed E-state index contributed by atoms with van der Waals surface area (Å²) in [5, 5.41) is 11.4. The van der Waals surface area contributed by atoms with Gasteiger partial charge in [0.05, 0.1) is 6.61 Å². The van der Waals surface area contributed by atoms with Gasteiger partial charge in [0, 0.05) is 11.6 Å². The molecule has 0 amide bonds. The van der Waals surface area contributed by atoms with Gasteiger partial charge in [0.2, 0.25) is 5.13 Å². The molecule has 0 saturated carbocycles. The molecule has 19 heavy (non-hydrogen) atoms. The minimum absolute atomic E-state index is 0.176. The van der Waals surface area contributed by atoms with Crippen LogP contribution in [0.2, 0.25) is 0 Å². The van der Waals surface area contributed by atoms with Crippen molar-refractivity contribution in [3.8, 4) is 5.75 Å². The van der Waals surface area contributed by atoms with E-state index in [0.29, 0.717) is 11.7 Å². The Kier molecular flexibility index (Phi) is 4.25. The molecule has 6 heteroatoms. The zero-order valence-electron chi connectivity index (χ0n) is 10.2. The van der Waals surface area contributed by atoms with Gasteiger partial charge >= 0.3 is 5.97 Å². The van der Waals surface area contributed by atoms with E-state index in [0.717, 1.165) is 5.56 Å². The van der Waals surface area contributed by atoms with Gasteiger partial charge in [-0.2, -0.15) is 0 Å². The van der Waals surface area contributed by atoms with E-state index in [1.807, 2.05) is 6.07 Å². The van der Waals surface area contributed by atoms with Crippen LogP contribution in [0.4, 0.5) is 5.13 Å². The average Bonchev–Trinajstić information content (AvgIpc) is 2.86. The first-order chi connectivity index (χ1) is 9.19. The summed E-state index contributed by atoms with van der Waals surface area (Å²) in [6.07, 6.45) is 1.58. The quantitative estimate of drug-likeness (QED) is 0.688. The summed E-state index contributed by atoms with van der Waals surface area (Å²) in [6.45, 7) is 2.06. The van der Waals surface area contributed by atoms with Crippen molar-refractivity contribution >= 4 is 28.7 Å². The van der Waals surface area contributed by atoms with Crippen LogP contribution in [0.15, 0.2) is 34.6 Å². The van der Waals surface area contributed by atoms with Gasteiger partial charge < -0.3 is 9.84 Å². The van der Waals surface area contributed by atoms with Crippen LogP contribution in [0.1, 0.15) is 23.0 Å². The molecule has 98 valence electrons. The van der Waals surface area contributed by atoms with Crippen molar-refractivity contribution < 1.29 is 14.6 Å². The second-order valence-corrected chi connectivity index (χ2v) is 4.43. The fraction of sp³-hybridized carbons (Fsp3) is 0.154. The van der Waals surface area contributed by atoms with E-state index in [1.165, 1.54) is 11.3 Å². The van der Waals surface area contributed by atoms with Crippen LogP contribution in [-0.2, 0) is 4.74 Å². The number of phenolic OH excluding ortho intramolecular Hbond substituents is 1. The van der Waals surface area contributed by atoms with Gasteiger partial charge in [-0.15, -0.1) is 11.3 Å². The molecule has 1 heterocycles. The minimum atomic E-state index is -0.447. The third kappa shape index (κ3) is 3.62. The van der Waals surface area contributed by atoms with Gasteiger partial charge in [-0.25, -0.2) is 14.8 Å². The highest BCUT2D eigenvalue weighted by molar-refractivity contribution is 7.13. The molecular formula is C13H12N2O3S. The van der Waals surface area contributed by atoms with E-state index in [9.17, 15) is 9.90 Å². The fourth-order valence-corrected chi connectivity index (χ4v) is 1.99. The first-order valence-corrected chi connectivity index (χ1v) is 6.52. The van der Waals surface area contributed by atoms with Crippen LogP contribution in [-0.4, -0.2) is 28.9 Å². The molecule has 0 unspecified atom stereocenters. The minimum Gasteiger partial charge on any atom is -0.508 e. The normalized spacial score (nSPS) is 10.8. The van der Waals surface area contributed by atoms with Crippen molar-refractivity contribution in [2.45, 2.75) is 6.92 Å². The Morgan fingerprint density at radius 3 is 3.16 bits per heavy atom. The molecule has 0 aliphatic heterocycles. The number of carbonyl (C=O) groups is 1. The van der Waals surface area contributed by atoms with E-state index < -0.39 is 5.97 Å². The number of hydrogen-bond donors (Lipinski definition) is 1. The first kappa shape index (κ1) is 13.2. The molecule has 1 N–H and O–H groups in total. The second-order valence-electron chi connectivity index (χ2n) is 3.59. The Morgan fingerprint density at radius 1 is 1.58 bits per heavy atom. The second kappa shape index (κ2) is 6.10. The lowest BCUT2D eigenvalue weighted by Crippen LogP contribution is -2.04. The molecule has 0 fully saturated rings. The van der Waals surface area contributed by atoms with Gasteiger partial charge in [-0.1, -0.05) is 12.1 Å². The van der Waals surface area contributed by atoms with Crippen molar-refractivity contribution in [1.29, 1.82) is 0 Å². The number of benzene rings is 1. The molecule has 0 bridgehead atoms. The van der Waals surface area contributed by atoms with Crippen molar-refractivity contribution in [2.24, 2.45) is 4.99 Å². The molecule has 2 rings (SSSR count). The van der Waals surface area contributed by atoms with Gasteiger partial charge in [-0.05, 0) is 24.6 Å². The smallest absolute Gasteiger partial charge is 0.357 e. The predicted molar refractivity (Wildman–Crippen MR) is 73.4 cm³/mol. The SMILES string of the molecule is CCOC(=O)c1csc(/N=C/c2cccc(O)c2)n1. The molecule has 0 atom stereocenters. The van der Waals surface area contributed by atoms with Crippen molar-refractivity contribution in [2.75, 3.05) is 6.61 Å². The Morgan fingerprint density at radius 2 is 2.42 bits per heavy atom. The van der Waals surface area contributed by atoms with Gasteiger partial charge in [0.1, 0.15) is 5.75 Å². The van der Waals surface area contributed by atoms with Crippen LogP contribution in [0.5, 0.6) is 5.75 Å². The number of ether oxygens (including phenoxy) is 1. The highest BCUT2D eigenvalue weighted by Crippen LogP contribution is 2.19. The van der Waals surface area contributed by atoms with E-state index in [2.05, 4.69) is 9.98 Å². The van der Waals surface area contributed by atoms with Crippen molar-refractivity contribution in [3.05, 3.63) is 40.9 Å². The van der Waals surface area contributed by atoms with Gasteiger partial charge in [0.15, 0.2) is 5.69 Å². The number of carbonyl (C=O) groups excluding carboxylic acids is 1. The Labute approximate surface area is 114 Å². The summed E-state index contributed by atoms with van der Waals surface area (Å²) < 4.78 is 4.84. The molecule has 5 nitrogen and oxygen atoms in total. The summed E-state index contributed by atoms with van der Waals surface area (Å²) in [5.74, 6) is -0.271. The number of aliphatic imine (C=N–C) groups is 1. The summed E-state index contributed by atoms with van der Waals surface area (Å²) in [7, 11) is 0. The van der Waals surface area contributed by atoms with E-state index in [4.69, 9.17) is 4.74 Å². The van der Waals surface area contributed by atoms with Gasteiger partial charge in [-0.3, -0.25) is 0 Å². The molecular weight excluding hydrogens is 264 g/mol. The Bertz CT molecular complexity index is 607. The Balaban J connectivity index is 2.09. The number of aromatic hydroxyl groups is 1. The fourth-order valence-electron chi connectivity index (χ4n) is 1.36. The number of phenols is 1. The van der Waals surface area contributed by atoms with E-state index >= 15 is 0 Å². The standard InChI is InChI=1S/C13H12N2O3S/c1-2-18-12(17)11-8-19-13(15-11)14-7-9-4-3-5-10(16)6-9/h3-8,16H,2H2,1H3/b14-7+. The summed E-state index contributed by atoms with van der Waals surface area (Å²) in [4.78, 5) is 19.6. The van der Waals surface area contributed by atoms with Crippen LogP contribution in [0.25, 0.3) is 0 Å². The summed E-state index contributed by atoms with van der Waals surface area (Å²) in [5.41, 5.74) is 1.02. The van der Waals surface area contributed by atoms with Gasteiger partial charge in [0.25, 0.3) is 0 Å². The monoisotopic (exact) mass is 276 g/mol. The van der Waals surface area contributed by atoms with Crippen molar-refractivity contribution in [3.63, 3.8) is 0 Å². The highest BCUT2D eigenvalue weighted by atomic mass is 32.1. The van der Waals surface area contributed by atoms with E-state index in [1.54, 1.807) is 36.7 Å². The largest absolute Gasteiger partial charge is 0.508 e. The van der Waals surface area contributed by atoms with Crippen molar-refractivity contribution in [1.82, 2.24) is 4.98 Å². The molecule has 1 aromatic heterocycles. The van der Waals surface area contributed by atoms with Crippen LogP contribution >= 0.6 is 11.3 Å². The molecule has 0 spiro atoms. The Hall–Kier alpha value is -2.21. The summed E-state index contributed by atoms with van der Waals surface area (Å²) in [6, 6.07) is 6.70. The lowest BCUT2D eigenvalue weighted by atomic mass is 10.2. The lowest BCUT2D eigenvalue weighted by Gasteiger charge is -1.95. The summed E-state index contributed by atoms with van der Waals surface area (Å²) >= 11 is 1.25. The average molecular weight is 276 g/mol. The molecule has 0 saturated heterocycles. The molecule has 0 aliphatic carbocycles. The predicted octanol–water partition coefficient (Wildman–Crippen LogP) is 2.78. The third-order valence-electron chi connectivity index (χ3n) is 2.17. The number of thiazole rings is 1. The number of hydrogen-bond acceptors (Lipinski definition) is 6. The molecule has 0 radical (unpaired) electrons. The first-order valence-electron chi connectivity index (χ1n) is 5.65. The molecule has 1 aromatic carbocycles. The molecule has 2 aromatic rings. The maximum absolute atomic E-state index is 11.4. The zero-order valence-corrected chi connectivity index (χ0v) is 11.1. The van der Waals surface area contributed by atoms with Crippen LogP contribution in [0, 0.1) is 0 Å². The maximum Gasteiger partial charge on any atom is 0.357 e. The molecule has 0 aliphatic rings. The van der Waals surface area contributed by atoms with Crippen LogP contribution in [0.3, 0.4) is 0 Å². The number of rotatable bonds is 4. The van der Waals surface area contributed by atoms with Crippen LogP contribution < -0.4 is 0 Å². The number of esters is 1. The maximum atomic E-state index is 11.4. The number of nitrogens with zero attached hydrogens (tertiary/aromatic N) is 2. The third-order valence-corrected chi connectivity index (χ3v) is 2.92.